The van der Waals surface area contributed by atoms with Gasteiger partial charge in [-0.3, -0.25) is 0 Å². The molecule has 0 aromatic carbocycles. The van der Waals surface area contributed by atoms with Gasteiger partial charge in [0.1, 0.15) is 0 Å². The molecule has 0 aromatic rings. The van der Waals surface area contributed by atoms with E-state index in [4.69, 9.17) is 12.2 Å². The maximum absolute atomic E-state index is 5.30. The van der Waals surface area contributed by atoms with Crippen LogP contribution in [0.1, 0.15) is 13.8 Å². The third-order valence-electron chi connectivity index (χ3n) is 1.78. The molecule has 0 aliphatic carbocycles. The van der Waals surface area contributed by atoms with Gasteiger partial charge in [0.2, 0.25) is 0 Å². The average Bonchev–Trinajstić information content (AvgIpc) is 2.01. The monoisotopic (exact) mass is 135 g/mol. The first-order chi connectivity index (χ1) is 4.60. The Kier molecular flexibility index (Phi) is 2.76. The largest absolute Gasteiger partial charge is 0.405 e. The van der Waals surface area contributed by atoms with E-state index in [-0.39, 0.29) is 5.41 Å². The lowest BCUT2D eigenvalue weighted by Crippen LogP contribution is -2.12. The van der Waals surface area contributed by atoms with Gasteiger partial charge in [0.25, 0.3) is 0 Å². The summed E-state index contributed by atoms with van der Waals surface area (Å²) in [5, 5.41) is 0. The molecule has 1 nitrogen and oxygen atoms in total. The van der Waals surface area contributed by atoms with E-state index < -0.39 is 0 Å². The van der Waals surface area contributed by atoms with Gasteiger partial charge in [-0.1, -0.05) is 12.0 Å². The standard InChI is InChI=1S/C9H13N/c1-5-9(4,6-2)8(3)7-10/h1,6-7H,2,10H2,3-4H3/b8-7-. The molecule has 1 heteroatoms. The summed E-state index contributed by atoms with van der Waals surface area (Å²) in [5.74, 6) is 2.61. The zero-order chi connectivity index (χ0) is 8.20. The van der Waals surface area contributed by atoms with E-state index in [1.54, 1.807) is 6.08 Å². The Balaban J connectivity index is 4.70. The number of rotatable bonds is 2. The number of terminal acetylenes is 1. The molecule has 0 heterocycles. The molecule has 0 rings (SSSR count). The summed E-state index contributed by atoms with van der Waals surface area (Å²) in [6.45, 7) is 7.43. The zero-order valence-corrected chi connectivity index (χ0v) is 6.52. The molecule has 0 bridgehead atoms. The van der Waals surface area contributed by atoms with Gasteiger partial charge < -0.3 is 5.73 Å². The minimum absolute atomic E-state index is 0.380. The van der Waals surface area contributed by atoms with Crippen molar-refractivity contribution in [3.05, 3.63) is 24.4 Å². The van der Waals surface area contributed by atoms with Crippen molar-refractivity contribution in [1.82, 2.24) is 0 Å². The van der Waals surface area contributed by atoms with Gasteiger partial charge in [0.05, 0.1) is 5.41 Å². The first-order valence-electron chi connectivity index (χ1n) is 3.11. The molecule has 0 fully saturated rings. The van der Waals surface area contributed by atoms with Crippen molar-refractivity contribution in [2.24, 2.45) is 11.1 Å². The Morgan fingerprint density at radius 1 is 1.80 bits per heavy atom. The van der Waals surface area contributed by atoms with Gasteiger partial charge in [-0.25, -0.2) is 0 Å². The molecule has 0 amide bonds. The molecule has 0 radical (unpaired) electrons. The topological polar surface area (TPSA) is 26.0 Å². The summed E-state index contributed by atoms with van der Waals surface area (Å²) < 4.78 is 0. The van der Waals surface area contributed by atoms with E-state index in [0.29, 0.717) is 0 Å². The predicted octanol–water partition coefficient (Wildman–Crippen LogP) is 1.67. The van der Waals surface area contributed by atoms with Crippen LogP contribution in [0.2, 0.25) is 0 Å². The molecule has 1 atom stereocenters. The highest BCUT2D eigenvalue weighted by molar-refractivity contribution is 5.28. The fourth-order valence-corrected chi connectivity index (χ4v) is 0.507. The average molecular weight is 135 g/mol. The third kappa shape index (κ3) is 1.41. The molecule has 0 saturated carbocycles. The summed E-state index contributed by atoms with van der Waals surface area (Å²) in [7, 11) is 0. The fourth-order valence-electron chi connectivity index (χ4n) is 0.507. The molecular weight excluding hydrogens is 122 g/mol. The third-order valence-corrected chi connectivity index (χ3v) is 1.78. The normalized spacial score (nSPS) is 17.1. The fraction of sp³-hybridized carbons (Fsp3) is 0.333. The molecule has 1 unspecified atom stereocenters. The summed E-state index contributed by atoms with van der Waals surface area (Å²) in [6.07, 6.45) is 8.51. The Morgan fingerprint density at radius 3 is 2.40 bits per heavy atom. The Labute approximate surface area is 62.6 Å². The van der Waals surface area contributed by atoms with Gasteiger partial charge in [-0.2, -0.15) is 0 Å². The van der Waals surface area contributed by atoms with Gasteiger partial charge in [-0.05, 0) is 25.6 Å². The number of hydrogen-bond donors (Lipinski definition) is 1. The zero-order valence-electron chi connectivity index (χ0n) is 6.52. The predicted molar refractivity (Wildman–Crippen MR) is 45.1 cm³/mol. The lowest BCUT2D eigenvalue weighted by molar-refractivity contribution is 0.692. The van der Waals surface area contributed by atoms with Crippen molar-refractivity contribution in [3.63, 3.8) is 0 Å². The van der Waals surface area contributed by atoms with Crippen LogP contribution in [-0.4, -0.2) is 0 Å². The van der Waals surface area contributed by atoms with Gasteiger partial charge >= 0.3 is 0 Å². The minimum atomic E-state index is -0.380. The van der Waals surface area contributed by atoms with Crippen molar-refractivity contribution in [3.8, 4) is 12.3 Å². The molecule has 0 saturated heterocycles. The Morgan fingerprint density at radius 2 is 2.30 bits per heavy atom. The SMILES string of the molecule is C#CC(C)(C=C)/C(C)=C\N. The molecule has 0 aliphatic heterocycles. The van der Waals surface area contributed by atoms with Crippen molar-refractivity contribution in [2.45, 2.75) is 13.8 Å². The van der Waals surface area contributed by atoms with Crippen molar-refractivity contribution < 1.29 is 0 Å². The maximum Gasteiger partial charge on any atom is 0.0683 e. The first-order valence-corrected chi connectivity index (χ1v) is 3.11. The molecule has 0 spiro atoms. The van der Waals surface area contributed by atoms with Crippen molar-refractivity contribution >= 4 is 0 Å². The van der Waals surface area contributed by atoms with Crippen LogP contribution in [-0.2, 0) is 0 Å². The highest BCUT2D eigenvalue weighted by Crippen LogP contribution is 2.25. The molecule has 10 heavy (non-hydrogen) atoms. The molecular formula is C9H13N. The summed E-state index contributed by atoms with van der Waals surface area (Å²) in [5.41, 5.74) is 5.87. The second-order valence-corrected chi connectivity index (χ2v) is 2.40. The van der Waals surface area contributed by atoms with E-state index in [1.807, 2.05) is 13.8 Å². The summed E-state index contributed by atoms with van der Waals surface area (Å²) >= 11 is 0. The molecule has 54 valence electrons. The van der Waals surface area contributed by atoms with E-state index >= 15 is 0 Å². The highest BCUT2D eigenvalue weighted by atomic mass is 14.5. The van der Waals surface area contributed by atoms with Gasteiger partial charge in [0.15, 0.2) is 0 Å². The number of hydrogen-bond acceptors (Lipinski definition) is 1. The molecule has 0 aliphatic rings. The quantitative estimate of drug-likeness (QED) is 0.452. The van der Waals surface area contributed by atoms with Crippen LogP contribution < -0.4 is 5.73 Å². The van der Waals surface area contributed by atoms with Crippen LogP contribution in [0, 0.1) is 17.8 Å². The van der Waals surface area contributed by atoms with E-state index in [2.05, 4.69) is 12.5 Å². The minimum Gasteiger partial charge on any atom is -0.405 e. The second kappa shape index (κ2) is 3.12. The summed E-state index contributed by atoms with van der Waals surface area (Å²) in [6, 6.07) is 0. The van der Waals surface area contributed by atoms with E-state index in [9.17, 15) is 0 Å². The van der Waals surface area contributed by atoms with Crippen molar-refractivity contribution in [2.75, 3.05) is 0 Å². The van der Waals surface area contributed by atoms with Crippen LogP contribution in [0.3, 0.4) is 0 Å². The molecule has 2 N–H and O–H groups in total. The van der Waals surface area contributed by atoms with Gasteiger partial charge in [-0.15, -0.1) is 13.0 Å². The van der Waals surface area contributed by atoms with E-state index in [1.165, 1.54) is 6.20 Å². The van der Waals surface area contributed by atoms with Gasteiger partial charge in [0, 0.05) is 0 Å². The number of nitrogens with two attached hydrogens (primary N) is 1. The van der Waals surface area contributed by atoms with Crippen LogP contribution in [0.15, 0.2) is 24.4 Å². The maximum atomic E-state index is 5.30. The Hall–Kier alpha value is -1.16. The van der Waals surface area contributed by atoms with Crippen LogP contribution in [0.25, 0.3) is 0 Å². The van der Waals surface area contributed by atoms with E-state index in [0.717, 1.165) is 5.57 Å². The van der Waals surface area contributed by atoms with Crippen LogP contribution in [0.5, 0.6) is 0 Å². The Bertz CT molecular complexity index is 195. The highest BCUT2D eigenvalue weighted by Gasteiger charge is 2.17. The lowest BCUT2D eigenvalue weighted by Gasteiger charge is -2.18. The van der Waals surface area contributed by atoms with Crippen LogP contribution in [0.4, 0.5) is 0 Å². The number of allylic oxidation sites excluding steroid dienone is 2. The van der Waals surface area contributed by atoms with Crippen LogP contribution >= 0.6 is 0 Å². The summed E-state index contributed by atoms with van der Waals surface area (Å²) in [4.78, 5) is 0. The van der Waals surface area contributed by atoms with Crippen molar-refractivity contribution in [1.29, 1.82) is 0 Å². The lowest BCUT2D eigenvalue weighted by atomic mass is 9.85. The second-order valence-electron chi connectivity index (χ2n) is 2.40. The first kappa shape index (κ1) is 8.84. The molecule has 0 aromatic heterocycles. The smallest absolute Gasteiger partial charge is 0.0683 e.